The van der Waals surface area contributed by atoms with Crippen molar-refractivity contribution in [2.75, 3.05) is 0 Å². The van der Waals surface area contributed by atoms with Gasteiger partial charge < -0.3 is 0 Å². The van der Waals surface area contributed by atoms with Crippen molar-refractivity contribution in [2.24, 2.45) is 4.99 Å². The number of imidazole rings is 1. The number of aryl methyl sites for hydroxylation is 1. The maximum Gasteiger partial charge on any atom is 0.159 e. The molecule has 3 heteroatoms. The number of nitrogens with zero attached hydrogens (tertiary/aromatic N) is 3. The van der Waals surface area contributed by atoms with Crippen LogP contribution in [0.25, 0.3) is 6.20 Å². The van der Waals surface area contributed by atoms with E-state index >= 15 is 0 Å². The molecule has 0 saturated carbocycles. The molecular weight excluding hydrogens is 186 g/mol. The topological polar surface area (TPSA) is 30.2 Å². The molecule has 0 bridgehead atoms. The molecule has 0 spiro atoms. The summed E-state index contributed by atoms with van der Waals surface area (Å²) in [7, 11) is 0. The van der Waals surface area contributed by atoms with E-state index in [1.807, 2.05) is 30.7 Å². The zero-order valence-electron chi connectivity index (χ0n) is 10.2. The highest BCUT2D eigenvalue weighted by Gasteiger charge is 2.23. The molecule has 0 N–H and O–H groups in total. The van der Waals surface area contributed by atoms with Crippen molar-refractivity contribution in [2.45, 2.75) is 40.0 Å². The van der Waals surface area contributed by atoms with Gasteiger partial charge in [-0.25, -0.2) is 9.98 Å². The minimum Gasteiger partial charge on any atom is -0.289 e. The summed E-state index contributed by atoms with van der Waals surface area (Å²) in [5.41, 5.74) is 0.988. The minimum atomic E-state index is -0.00584. The molecule has 1 heterocycles. The molecule has 1 aromatic heterocycles. The van der Waals surface area contributed by atoms with E-state index < -0.39 is 0 Å². The Bertz CT molecular complexity index is 392. The van der Waals surface area contributed by atoms with E-state index in [1.54, 1.807) is 0 Å². The maximum atomic E-state index is 4.55. The molecule has 1 rings (SSSR count). The zero-order chi connectivity index (χ0) is 11.6. The summed E-state index contributed by atoms with van der Waals surface area (Å²) in [4.78, 5) is 8.62. The van der Waals surface area contributed by atoms with Gasteiger partial charge in [0.1, 0.15) is 5.82 Å². The van der Waals surface area contributed by atoms with Crippen LogP contribution in [0.1, 0.15) is 39.2 Å². The third kappa shape index (κ3) is 2.17. The van der Waals surface area contributed by atoms with Gasteiger partial charge in [-0.05, 0) is 20.6 Å². The second kappa shape index (κ2) is 4.01. The highest BCUT2D eigenvalue weighted by atomic mass is 15.1. The Labute approximate surface area is 91.6 Å². The van der Waals surface area contributed by atoms with E-state index in [1.165, 1.54) is 0 Å². The van der Waals surface area contributed by atoms with Crippen molar-refractivity contribution in [3.63, 3.8) is 0 Å². The zero-order valence-corrected chi connectivity index (χ0v) is 10.2. The SMILES string of the molecule is C=Nc1c(C(C)(C)C)nc(C)n1/C=C\C. The van der Waals surface area contributed by atoms with Crippen LogP contribution >= 0.6 is 0 Å². The fourth-order valence-electron chi connectivity index (χ4n) is 1.51. The first kappa shape index (κ1) is 11.7. The Morgan fingerprint density at radius 3 is 2.40 bits per heavy atom. The largest absolute Gasteiger partial charge is 0.289 e. The molecule has 82 valence electrons. The molecule has 1 aromatic rings. The lowest BCUT2D eigenvalue weighted by Gasteiger charge is -2.16. The first-order valence-electron chi connectivity index (χ1n) is 5.10. The van der Waals surface area contributed by atoms with E-state index in [-0.39, 0.29) is 5.41 Å². The summed E-state index contributed by atoms with van der Waals surface area (Å²) < 4.78 is 1.97. The summed E-state index contributed by atoms with van der Waals surface area (Å²) in [6.45, 7) is 14.0. The smallest absolute Gasteiger partial charge is 0.159 e. The Hall–Kier alpha value is -1.38. The molecule has 0 fully saturated rings. The lowest BCUT2D eigenvalue weighted by Crippen LogP contribution is -2.12. The molecule has 0 aliphatic heterocycles. The van der Waals surface area contributed by atoms with Gasteiger partial charge >= 0.3 is 0 Å². The number of aromatic nitrogens is 2. The highest BCUT2D eigenvalue weighted by Crippen LogP contribution is 2.31. The van der Waals surface area contributed by atoms with Gasteiger partial charge in [-0.1, -0.05) is 26.8 Å². The molecule has 3 nitrogen and oxygen atoms in total. The van der Waals surface area contributed by atoms with Crippen LogP contribution in [0.2, 0.25) is 0 Å². The second-order valence-electron chi connectivity index (χ2n) is 4.59. The van der Waals surface area contributed by atoms with Gasteiger partial charge in [0, 0.05) is 11.6 Å². The number of rotatable bonds is 2. The maximum absolute atomic E-state index is 4.55. The molecule has 0 saturated heterocycles. The summed E-state index contributed by atoms with van der Waals surface area (Å²) >= 11 is 0. The predicted octanol–water partition coefficient (Wildman–Crippen LogP) is 3.31. The van der Waals surface area contributed by atoms with Gasteiger partial charge in [-0.3, -0.25) is 4.57 Å². The van der Waals surface area contributed by atoms with Crippen LogP contribution in [0.15, 0.2) is 11.1 Å². The van der Waals surface area contributed by atoms with Crippen molar-refractivity contribution < 1.29 is 0 Å². The first-order chi connectivity index (χ1) is 6.91. The third-order valence-corrected chi connectivity index (χ3v) is 2.22. The van der Waals surface area contributed by atoms with Crippen LogP contribution in [0, 0.1) is 6.92 Å². The van der Waals surface area contributed by atoms with E-state index in [0.717, 1.165) is 17.3 Å². The van der Waals surface area contributed by atoms with E-state index in [0.29, 0.717) is 0 Å². The van der Waals surface area contributed by atoms with Crippen LogP contribution in [0.5, 0.6) is 0 Å². The van der Waals surface area contributed by atoms with E-state index in [2.05, 4.69) is 37.5 Å². The summed E-state index contributed by atoms with van der Waals surface area (Å²) in [6, 6.07) is 0. The number of hydrogen-bond acceptors (Lipinski definition) is 2. The molecular formula is C12H19N3. The van der Waals surface area contributed by atoms with Gasteiger partial charge in [-0.15, -0.1) is 0 Å². The third-order valence-electron chi connectivity index (χ3n) is 2.22. The normalized spacial score (nSPS) is 12.3. The van der Waals surface area contributed by atoms with Crippen LogP contribution < -0.4 is 0 Å². The van der Waals surface area contributed by atoms with Crippen LogP contribution in [0.3, 0.4) is 0 Å². The molecule has 0 aliphatic rings. The molecule has 0 aliphatic carbocycles. The van der Waals surface area contributed by atoms with Crippen molar-refractivity contribution in [3.05, 3.63) is 17.6 Å². The molecule has 0 radical (unpaired) electrons. The number of hydrogen-bond donors (Lipinski definition) is 0. The van der Waals surface area contributed by atoms with Crippen LogP contribution in [-0.2, 0) is 5.41 Å². The Morgan fingerprint density at radius 1 is 1.40 bits per heavy atom. The van der Waals surface area contributed by atoms with E-state index in [9.17, 15) is 0 Å². The molecule has 15 heavy (non-hydrogen) atoms. The Morgan fingerprint density at radius 2 is 2.00 bits per heavy atom. The number of allylic oxidation sites excluding steroid dienone is 1. The highest BCUT2D eigenvalue weighted by molar-refractivity contribution is 5.52. The molecule has 0 aromatic carbocycles. The standard InChI is InChI=1S/C12H19N3/c1-7-8-15-9(2)14-10(11(15)13-6)12(3,4)5/h7-8H,6H2,1-5H3/b8-7-. The quantitative estimate of drug-likeness (QED) is 0.681. The second-order valence-corrected chi connectivity index (χ2v) is 4.59. The fourth-order valence-corrected chi connectivity index (χ4v) is 1.51. The van der Waals surface area contributed by atoms with Crippen molar-refractivity contribution in [3.8, 4) is 0 Å². The lowest BCUT2D eigenvalue weighted by molar-refractivity contribution is 0.573. The Kier molecular flexibility index (Phi) is 3.12. The fraction of sp³-hybridized carbons (Fsp3) is 0.500. The Balaban J connectivity index is 3.44. The molecule has 0 amide bonds. The van der Waals surface area contributed by atoms with Crippen LogP contribution in [0.4, 0.5) is 5.82 Å². The van der Waals surface area contributed by atoms with Crippen LogP contribution in [-0.4, -0.2) is 16.3 Å². The van der Waals surface area contributed by atoms with E-state index in [4.69, 9.17) is 0 Å². The summed E-state index contributed by atoms with van der Waals surface area (Å²) in [5.74, 6) is 1.79. The average molecular weight is 205 g/mol. The minimum absolute atomic E-state index is 0.00584. The average Bonchev–Trinajstić information content (AvgIpc) is 2.44. The van der Waals surface area contributed by atoms with Crippen molar-refractivity contribution >= 4 is 18.7 Å². The van der Waals surface area contributed by atoms with Crippen molar-refractivity contribution in [1.82, 2.24) is 9.55 Å². The van der Waals surface area contributed by atoms with Gasteiger partial charge in [0.25, 0.3) is 0 Å². The molecule has 0 unspecified atom stereocenters. The van der Waals surface area contributed by atoms with Gasteiger partial charge in [0.15, 0.2) is 5.82 Å². The summed E-state index contributed by atoms with van der Waals surface area (Å²) in [6.07, 6.45) is 3.93. The first-order valence-corrected chi connectivity index (χ1v) is 5.10. The van der Waals surface area contributed by atoms with Gasteiger partial charge in [0.05, 0.1) is 5.69 Å². The summed E-state index contributed by atoms with van der Waals surface area (Å²) in [5, 5.41) is 0. The number of aliphatic imine (C=N–C) groups is 1. The predicted molar refractivity (Wildman–Crippen MR) is 65.9 cm³/mol. The lowest BCUT2D eigenvalue weighted by atomic mass is 9.92. The molecule has 0 atom stereocenters. The monoisotopic (exact) mass is 205 g/mol. The van der Waals surface area contributed by atoms with Crippen molar-refractivity contribution in [1.29, 1.82) is 0 Å². The van der Waals surface area contributed by atoms with Gasteiger partial charge in [0.2, 0.25) is 0 Å². The van der Waals surface area contributed by atoms with Gasteiger partial charge in [-0.2, -0.15) is 0 Å².